The number of hydrogen-bond donors (Lipinski definition) is 1. The number of pyridine rings is 1. The average Bonchev–Trinajstić information content (AvgIpc) is 2.86. The van der Waals surface area contributed by atoms with E-state index in [1.54, 1.807) is 0 Å². The Morgan fingerprint density at radius 3 is 2.38 bits per heavy atom. The number of halogens is 1. The van der Waals surface area contributed by atoms with E-state index in [4.69, 9.17) is 16.7 Å². The molecule has 3 aromatic rings. The summed E-state index contributed by atoms with van der Waals surface area (Å²) in [5.41, 5.74) is 4.34. The molecule has 4 rings (SSSR count). The Balaban J connectivity index is 1.18. The van der Waals surface area contributed by atoms with Gasteiger partial charge in [-0.15, -0.1) is 0 Å². The van der Waals surface area contributed by atoms with Crippen LogP contribution in [-0.2, 0) is 25.2 Å². The standard InChI is InChI=1S/C28H35ClN4O/c1-32(19-16-30-20-27-4-2-3-15-31-27)21-23-5-7-24(8-6-23)22-33-17-13-28(34,14-18-33)25-9-11-26(29)12-10-25/h2-12,15,30,34H,13-14,16-22H2,1H3/p+1. The van der Waals surface area contributed by atoms with Gasteiger partial charge in [0.25, 0.3) is 0 Å². The number of likely N-dealkylation sites (N-methyl/N-ethyl adjacent to an activating group) is 1. The van der Waals surface area contributed by atoms with Crippen LogP contribution in [0, 0.1) is 0 Å². The molecule has 0 unspecified atom stereocenters. The number of nitrogens with zero attached hydrogens (tertiary/aromatic N) is 3. The van der Waals surface area contributed by atoms with Crippen LogP contribution in [0.25, 0.3) is 0 Å². The minimum atomic E-state index is -0.498. The number of piperidine rings is 1. The van der Waals surface area contributed by atoms with Crippen LogP contribution in [0.15, 0.2) is 72.9 Å². The molecule has 0 saturated carbocycles. The second-order valence-corrected chi connectivity index (χ2v) is 9.85. The van der Waals surface area contributed by atoms with E-state index in [0.717, 1.165) is 74.9 Å². The minimum absolute atomic E-state index is 0.498. The van der Waals surface area contributed by atoms with E-state index in [-0.39, 0.29) is 0 Å². The molecule has 3 N–H and O–H groups in total. The largest absolute Gasteiger partial charge is 0.437 e. The van der Waals surface area contributed by atoms with Gasteiger partial charge in [-0.25, -0.2) is 0 Å². The normalized spacial score (nSPS) is 16.1. The summed E-state index contributed by atoms with van der Waals surface area (Å²) in [5.74, 6) is 0. The molecule has 1 aliphatic rings. The van der Waals surface area contributed by atoms with Gasteiger partial charge < -0.3 is 15.3 Å². The van der Waals surface area contributed by atoms with Crippen LogP contribution in [0.2, 0.25) is 5.02 Å². The van der Waals surface area contributed by atoms with Crippen LogP contribution < -0.4 is 5.32 Å². The Morgan fingerprint density at radius 2 is 1.71 bits per heavy atom. The Kier molecular flexibility index (Phi) is 8.70. The lowest BCUT2D eigenvalue weighted by molar-refractivity contribution is -0.0277. The molecule has 1 fully saturated rings. The van der Waals surface area contributed by atoms with Crippen molar-refractivity contribution in [3.05, 3.63) is 100 Å². The molecule has 0 radical (unpaired) electrons. The van der Waals surface area contributed by atoms with E-state index in [2.05, 4.69) is 51.4 Å². The van der Waals surface area contributed by atoms with E-state index in [9.17, 15) is 0 Å². The zero-order chi connectivity index (χ0) is 23.8. The fraction of sp³-hybridized carbons (Fsp3) is 0.393. The number of hydrogen-bond acceptors (Lipinski definition) is 4. The Hall–Kier alpha value is -2.28. The molecule has 0 bridgehead atoms. The highest BCUT2D eigenvalue weighted by atomic mass is 35.5. The molecular weight excluding hydrogens is 444 g/mol. The van der Waals surface area contributed by atoms with Gasteiger partial charge in [-0.3, -0.25) is 9.88 Å². The van der Waals surface area contributed by atoms with Crippen molar-refractivity contribution < 1.29 is 5.11 Å². The van der Waals surface area contributed by atoms with Gasteiger partial charge in [0, 0.05) is 75.4 Å². The van der Waals surface area contributed by atoms with Crippen molar-refractivity contribution in [2.75, 3.05) is 33.2 Å². The molecule has 0 spiro atoms. The van der Waals surface area contributed by atoms with Crippen LogP contribution in [-0.4, -0.2) is 53.1 Å². The molecule has 0 atom stereocenters. The van der Waals surface area contributed by atoms with Crippen molar-refractivity contribution in [2.45, 2.75) is 38.1 Å². The lowest BCUT2D eigenvalue weighted by Crippen LogP contribution is -2.42. The molecule has 6 heteroatoms. The fourth-order valence-corrected chi connectivity index (χ4v) is 4.66. The third-order valence-corrected chi connectivity index (χ3v) is 6.94. The highest BCUT2D eigenvalue weighted by Gasteiger charge is 2.38. The van der Waals surface area contributed by atoms with Crippen molar-refractivity contribution in [3.63, 3.8) is 0 Å². The van der Waals surface area contributed by atoms with E-state index in [0.29, 0.717) is 0 Å². The highest BCUT2D eigenvalue weighted by Crippen LogP contribution is 2.33. The SMILES string of the molecule is CN(CCNCc1ccccn1)Cc1ccc(CN2CCC([OH2+])(c3ccc(Cl)cc3)CC2)cc1. The quantitative estimate of drug-likeness (QED) is 0.350. The summed E-state index contributed by atoms with van der Waals surface area (Å²) in [6.07, 6.45) is 3.54. The highest BCUT2D eigenvalue weighted by molar-refractivity contribution is 6.30. The van der Waals surface area contributed by atoms with Crippen molar-refractivity contribution in [2.24, 2.45) is 0 Å². The molecule has 0 aliphatic carbocycles. The van der Waals surface area contributed by atoms with Gasteiger partial charge in [0.1, 0.15) is 0 Å². The first-order valence-corrected chi connectivity index (χ1v) is 12.5. The Labute approximate surface area is 208 Å². The van der Waals surface area contributed by atoms with Gasteiger partial charge in [-0.1, -0.05) is 41.9 Å². The van der Waals surface area contributed by atoms with Crippen molar-refractivity contribution in [1.29, 1.82) is 0 Å². The summed E-state index contributed by atoms with van der Waals surface area (Å²) in [7, 11) is 2.16. The van der Waals surface area contributed by atoms with Gasteiger partial charge in [-0.05, 0) is 54.6 Å². The molecule has 0 amide bonds. The second kappa shape index (κ2) is 11.9. The minimum Gasteiger partial charge on any atom is -0.437 e. The van der Waals surface area contributed by atoms with Gasteiger partial charge in [0.15, 0.2) is 5.60 Å². The molecular formula is C28H36ClN4O+. The first-order chi connectivity index (χ1) is 16.5. The lowest BCUT2D eigenvalue weighted by atomic mass is 9.84. The summed E-state index contributed by atoms with van der Waals surface area (Å²) in [5, 5.41) is 13.1. The summed E-state index contributed by atoms with van der Waals surface area (Å²) >= 11 is 6.02. The van der Waals surface area contributed by atoms with Crippen LogP contribution in [0.1, 0.15) is 35.2 Å². The van der Waals surface area contributed by atoms with Gasteiger partial charge >= 0.3 is 0 Å². The molecule has 2 heterocycles. The summed E-state index contributed by atoms with van der Waals surface area (Å²) in [6, 6.07) is 22.8. The Morgan fingerprint density at radius 1 is 1.00 bits per heavy atom. The number of rotatable bonds is 10. The Bertz CT molecular complexity index is 1000. The maximum atomic E-state index is 8.92. The van der Waals surface area contributed by atoms with E-state index < -0.39 is 5.60 Å². The van der Waals surface area contributed by atoms with Crippen molar-refractivity contribution in [1.82, 2.24) is 20.1 Å². The van der Waals surface area contributed by atoms with Crippen molar-refractivity contribution in [3.8, 4) is 0 Å². The smallest absolute Gasteiger partial charge is 0.192 e. The van der Waals surface area contributed by atoms with Crippen LogP contribution in [0.3, 0.4) is 0 Å². The number of likely N-dealkylation sites (tertiary alicyclic amines) is 1. The van der Waals surface area contributed by atoms with Crippen LogP contribution >= 0.6 is 11.6 Å². The number of benzene rings is 2. The monoisotopic (exact) mass is 479 g/mol. The molecule has 1 saturated heterocycles. The fourth-order valence-electron chi connectivity index (χ4n) is 4.54. The summed E-state index contributed by atoms with van der Waals surface area (Å²) in [4.78, 5) is 9.16. The number of nitrogens with one attached hydrogen (secondary N) is 1. The zero-order valence-corrected chi connectivity index (χ0v) is 20.8. The average molecular weight is 480 g/mol. The molecule has 180 valence electrons. The van der Waals surface area contributed by atoms with E-state index in [1.807, 2.05) is 48.7 Å². The molecule has 1 aromatic heterocycles. The molecule has 1 aliphatic heterocycles. The first-order valence-electron chi connectivity index (χ1n) is 12.1. The lowest BCUT2D eigenvalue weighted by Gasteiger charge is -2.35. The predicted molar refractivity (Wildman–Crippen MR) is 140 cm³/mol. The molecule has 2 aromatic carbocycles. The number of aromatic nitrogens is 1. The maximum Gasteiger partial charge on any atom is 0.192 e. The van der Waals surface area contributed by atoms with Crippen LogP contribution in [0.4, 0.5) is 0 Å². The second-order valence-electron chi connectivity index (χ2n) is 9.42. The summed E-state index contributed by atoms with van der Waals surface area (Å²) in [6.45, 7) is 6.52. The third-order valence-electron chi connectivity index (χ3n) is 6.69. The topological polar surface area (TPSA) is 54.3 Å². The van der Waals surface area contributed by atoms with E-state index >= 15 is 0 Å². The van der Waals surface area contributed by atoms with Gasteiger partial charge in [0.05, 0.1) is 5.69 Å². The van der Waals surface area contributed by atoms with Gasteiger partial charge in [-0.2, -0.15) is 0 Å². The summed E-state index contributed by atoms with van der Waals surface area (Å²) < 4.78 is 0. The van der Waals surface area contributed by atoms with E-state index in [1.165, 1.54) is 11.1 Å². The third kappa shape index (κ3) is 7.11. The molecule has 34 heavy (non-hydrogen) atoms. The van der Waals surface area contributed by atoms with Crippen LogP contribution in [0.5, 0.6) is 0 Å². The van der Waals surface area contributed by atoms with Gasteiger partial charge in [0.2, 0.25) is 0 Å². The van der Waals surface area contributed by atoms with Crippen molar-refractivity contribution >= 4 is 11.6 Å². The maximum absolute atomic E-state index is 8.92. The predicted octanol–water partition coefficient (Wildman–Crippen LogP) is 4.17. The molecule has 5 nitrogen and oxygen atoms in total. The zero-order valence-electron chi connectivity index (χ0n) is 20.0. The first kappa shape index (κ1) is 24.8.